The Kier molecular flexibility index (Phi) is 7.36. The van der Waals surface area contributed by atoms with Gasteiger partial charge >= 0.3 is 0 Å². The molecule has 0 saturated heterocycles. The Morgan fingerprint density at radius 1 is 1.25 bits per heavy atom. The van der Waals surface area contributed by atoms with Crippen molar-refractivity contribution in [2.45, 2.75) is 6.92 Å². The van der Waals surface area contributed by atoms with Gasteiger partial charge in [-0.05, 0) is 30.7 Å². The summed E-state index contributed by atoms with van der Waals surface area (Å²) in [6, 6.07) is 6.47. The van der Waals surface area contributed by atoms with Crippen LogP contribution in [-0.4, -0.2) is 55.7 Å². The summed E-state index contributed by atoms with van der Waals surface area (Å²) >= 11 is 0. The predicted molar refractivity (Wildman–Crippen MR) is 101 cm³/mol. The molecule has 1 aromatic rings. The van der Waals surface area contributed by atoms with Crippen molar-refractivity contribution in [2.75, 3.05) is 27.4 Å². The van der Waals surface area contributed by atoms with Crippen molar-refractivity contribution < 1.29 is 28.8 Å². The Labute approximate surface area is 162 Å². The molecule has 0 spiro atoms. The second kappa shape index (κ2) is 9.72. The number of hydroxylamine groups is 1. The quantitative estimate of drug-likeness (QED) is 0.311. The number of nitrogens with one attached hydrogen (secondary N) is 1. The number of nitrogens with zero attached hydrogens (tertiary/aromatic N) is 1. The fraction of sp³-hybridized carbons (Fsp3) is 0.300. The molecule has 0 bridgehead atoms. The Bertz CT molecular complexity index is 843. The lowest BCUT2D eigenvalue weighted by molar-refractivity contribution is -0.142. The third-order valence-corrected chi connectivity index (χ3v) is 4.17. The third-order valence-electron chi connectivity index (χ3n) is 4.17. The molecular formula is C20H22N2O6. The first-order valence-corrected chi connectivity index (χ1v) is 8.58. The summed E-state index contributed by atoms with van der Waals surface area (Å²) in [6.07, 6.45) is 3.91. The summed E-state index contributed by atoms with van der Waals surface area (Å²) in [7, 11) is 3.04. The van der Waals surface area contributed by atoms with Crippen molar-refractivity contribution in [1.29, 1.82) is 0 Å². The highest BCUT2D eigenvalue weighted by Crippen LogP contribution is 2.18. The lowest BCUT2D eigenvalue weighted by Crippen LogP contribution is -2.43. The molecule has 2 rings (SSSR count). The Morgan fingerprint density at radius 3 is 2.71 bits per heavy atom. The predicted octanol–water partition coefficient (Wildman–Crippen LogP) is 1.14. The molecule has 1 aromatic carbocycles. The molecule has 1 aliphatic heterocycles. The smallest absolute Gasteiger partial charge is 0.274 e. The van der Waals surface area contributed by atoms with Crippen molar-refractivity contribution >= 4 is 29.5 Å². The first-order valence-electron chi connectivity index (χ1n) is 8.58. The number of hydrogen-bond acceptors (Lipinski definition) is 6. The SMILES string of the molecule is COCCONC(=O)c1cccc(/C=C/C(=O)C2C(=O)C=C(C)N(C)C2=O)c1. The number of ether oxygens (including phenoxy) is 1. The number of allylic oxidation sites excluding steroid dienone is 3. The van der Waals surface area contributed by atoms with Crippen LogP contribution in [0.4, 0.5) is 0 Å². The molecule has 1 N–H and O–H groups in total. The van der Waals surface area contributed by atoms with Gasteiger partial charge in [0.15, 0.2) is 17.5 Å². The highest BCUT2D eigenvalue weighted by molar-refractivity contribution is 6.26. The number of amides is 2. The molecule has 0 fully saturated rings. The van der Waals surface area contributed by atoms with Crippen molar-refractivity contribution in [3.05, 3.63) is 53.2 Å². The van der Waals surface area contributed by atoms with Crippen LogP contribution >= 0.6 is 0 Å². The van der Waals surface area contributed by atoms with E-state index in [-0.39, 0.29) is 6.61 Å². The van der Waals surface area contributed by atoms with Crippen LogP contribution in [-0.2, 0) is 24.0 Å². The van der Waals surface area contributed by atoms with E-state index in [0.717, 1.165) is 0 Å². The van der Waals surface area contributed by atoms with E-state index in [1.807, 2.05) is 0 Å². The maximum absolute atomic E-state index is 12.4. The third kappa shape index (κ3) is 5.21. The fourth-order valence-corrected chi connectivity index (χ4v) is 2.50. The van der Waals surface area contributed by atoms with Crippen LogP contribution in [0.15, 0.2) is 42.1 Å². The minimum Gasteiger partial charge on any atom is -0.382 e. The number of carbonyl (C=O) groups is 4. The standard InChI is InChI=1S/C20H22N2O6/c1-13-11-17(24)18(20(26)22(13)2)16(23)8-7-14-5-4-6-15(12-14)19(25)21-28-10-9-27-3/h4-8,11-12,18H,9-10H2,1-3H3,(H,21,25)/b8-7+. The van der Waals surface area contributed by atoms with E-state index >= 15 is 0 Å². The molecule has 148 valence electrons. The molecule has 0 aliphatic carbocycles. The minimum absolute atomic E-state index is 0.210. The lowest BCUT2D eigenvalue weighted by Gasteiger charge is -2.25. The normalized spacial score (nSPS) is 17.0. The maximum atomic E-state index is 12.4. The largest absolute Gasteiger partial charge is 0.382 e. The van der Waals surface area contributed by atoms with Gasteiger partial charge < -0.3 is 9.64 Å². The van der Waals surface area contributed by atoms with Crippen LogP contribution in [0, 0.1) is 5.92 Å². The summed E-state index contributed by atoms with van der Waals surface area (Å²) in [5, 5.41) is 0. The molecule has 0 aromatic heterocycles. The number of methoxy groups -OCH3 is 1. The van der Waals surface area contributed by atoms with Gasteiger partial charge in [0.25, 0.3) is 5.91 Å². The molecule has 1 aliphatic rings. The minimum atomic E-state index is -1.37. The van der Waals surface area contributed by atoms with Gasteiger partial charge in [0.05, 0.1) is 13.2 Å². The summed E-state index contributed by atoms with van der Waals surface area (Å²) in [5.41, 5.74) is 3.67. The molecule has 28 heavy (non-hydrogen) atoms. The number of ketones is 2. The highest BCUT2D eigenvalue weighted by Gasteiger charge is 2.37. The van der Waals surface area contributed by atoms with Gasteiger partial charge in [0.1, 0.15) is 0 Å². The summed E-state index contributed by atoms with van der Waals surface area (Å²) in [5.74, 6) is -3.51. The lowest BCUT2D eigenvalue weighted by atomic mass is 9.92. The van der Waals surface area contributed by atoms with Gasteiger partial charge in [-0.25, -0.2) is 5.48 Å². The van der Waals surface area contributed by atoms with Crippen LogP contribution < -0.4 is 5.48 Å². The van der Waals surface area contributed by atoms with E-state index in [0.29, 0.717) is 23.4 Å². The Morgan fingerprint density at radius 2 is 2.00 bits per heavy atom. The zero-order valence-corrected chi connectivity index (χ0v) is 15.9. The van der Waals surface area contributed by atoms with E-state index in [4.69, 9.17) is 9.57 Å². The number of rotatable bonds is 8. The van der Waals surface area contributed by atoms with Crippen molar-refractivity contribution in [3.8, 4) is 0 Å². The molecule has 8 nitrogen and oxygen atoms in total. The summed E-state index contributed by atoms with van der Waals surface area (Å²) < 4.78 is 4.81. The van der Waals surface area contributed by atoms with Gasteiger partial charge in [0, 0.05) is 31.5 Å². The fourth-order valence-electron chi connectivity index (χ4n) is 2.50. The van der Waals surface area contributed by atoms with E-state index in [2.05, 4.69) is 5.48 Å². The Balaban J connectivity index is 2.06. The van der Waals surface area contributed by atoms with Crippen LogP contribution in [0.3, 0.4) is 0 Å². The van der Waals surface area contributed by atoms with Crippen LogP contribution in [0.1, 0.15) is 22.8 Å². The molecule has 1 atom stereocenters. The average Bonchev–Trinajstić information content (AvgIpc) is 2.68. The maximum Gasteiger partial charge on any atom is 0.274 e. The zero-order valence-electron chi connectivity index (χ0n) is 15.9. The zero-order chi connectivity index (χ0) is 20.7. The molecular weight excluding hydrogens is 364 g/mol. The van der Waals surface area contributed by atoms with Gasteiger partial charge in [-0.15, -0.1) is 0 Å². The topological polar surface area (TPSA) is 102 Å². The van der Waals surface area contributed by atoms with Crippen molar-refractivity contribution in [2.24, 2.45) is 5.92 Å². The number of benzene rings is 1. The van der Waals surface area contributed by atoms with E-state index < -0.39 is 29.3 Å². The van der Waals surface area contributed by atoms with Crippen molar-refractivity contribution in [3.63, 3.8) is 0 Å². The van der Waals surface area contributed by atoms with Crippen LogP contribution in [0.25, 0.3) is 6.08 Å². The highest BCUT2D eigenvalue weighted by atomic mass is 16.7. The molecule has 1 unspecified atom stereocenters. The average molecular weight is 386 g/mol. The Hall–Kier alpha value is -3.10. The monoisotopic (exact) mass is 386 g/mol. The number of hydrogen-bond donors (Lipinski definition) is 1. The van der Waals surface area contributed by atoms with E-state index in [9.17, 15) is 19.2 Å². The molecule has 0 saturated carbocycles. The summed E-state index contributed by atoms with van der Waals surface area (Å²) in [4.78, 5) is 54.9. The van der Waals surface area contributed by atoms with Gasteiger partial charge in [-0.1, -0.05) is 18.2 Å². The van der Waals surface area contributed by atoms with Gasteiger partial charge in [0.2, 0.25) is 5.91 Å². The van der Waals surface area contributed by atoms with Gasteiger partial charge in [-0.3, -0.25) is 24.0 Å². The van der Waals surface area contributed by atoms with E-state index in [1.165, 1.54) is 37.3 Å². The van der Waals surface area contributed by atoms with Crippen LogP contribution in [0.2, 0.25) is 0 Å². The molecule has 0 radical (unpaired) electrons. The molecule has 2 amide bonds. The van der Waals surface area contributed by atoms with E-state index in [1.54, 1.807) is 31.2 Å². The molecule has 8 heteroatoms. The first-order chi connectivity index (χ1) is 13.3. The first kappa shape index (κ1) is 21.2. The second-order valence-corrected chi connectivity index (χ2v) is 6.15. The van der Waals surface area contributed by atoms with Gasteiger partial charge in [-0.2, -0.15) is 0 Å². The summed E-state index contributed by atoms with van der Waals surface area (Å²) in [6.45, 7) is 2.18. The second-order valence-electron chi connectivity index (χ2n) is 6.15. The van der Waals surface area contributed by atoms with Crippen LogP contribution in [0.5, 0.6) is 0 Å². The van der Waals surface area contributed by atoms with Crippen molar-refractivity contribution in [1.82, 2.24) is 10.4 Å². The molecule has 1 heterocycles. The number of carbonyl (C=O) groups excluding carboxylic acids is 4.